The molecule has 2 aliphatic heterocycles. The Morgan fingerprint density at radius 3 is 2.44 bits per heavy atom. The summed E-state index contributed by atoms with van der Waals surface area (Å²) < 4.78 is 0. The summed E-state index contributed by atoms with van der Waals surface area (Å²) in [7, 11) is 0. The van der Waals surface area contributed by atoms with E-state index in [4.69, 9.17) is 0 Å². The van der Waals surface area contributed by atoms with Crippen LogP contribution in [-0.2, 0) is 0 Å². The highest BCUT2D eigenvalue weighted by Gasteiger charge is 2.27. The lowest BCUT2D eigenvalue weighted by Crippen LogP contribution is -2.43. The van der Waals surface area contributed by atoms with Gasteiger partial charge in [0.1, 0.15) is 0 Å². The number of hydrogen-bond acceptors (Lipinski definition) is 3. The van der Waals surface area contributed by atoms with Crippen molar-refractivity contribution in [1.82, 2.24) is 9.80 Å². The lowest BCUT2D eigenvalue weighted by atomic mass is 10.2. The van der Waals surface area contributed by atoms with Crippen LogP contribution in [0.3, 0.4) is 0 Å². The molecule has 2 saturated heterocycles. The molecule has 0 radical (unpaired) electrons. The highest BCUT2D eigenvalue weighted by molar-refractivity contribution is 4.83. The minimum Gasteiger partial charge on any atom is -0.392 e. The van der Waals surface area contributed by atoms with Crippen molar-refractivity contribution in [3.63, 3.8) is 0 Å². The average Bonchev–Trinajstić information content (AvgIpc) is 2.64. The molecule has 0 aromatic rings. The third kappa shape index (κ3) is 4.22. The maximum Gasteiger partial charge on any atom is 0.0664 e. The summed E-state index contributed by atoms with van der Waals surface area (Å²) in [5.41, 5.74) is 0. The normalized spacial score (nSPS) is 29.3. The van der Waals surface area contributed by atoms with Gasteiger partial charge in [0.2, 0.25) is 0 Å². The van der Waals surface area contributed by atoms with E-state index in [-0.39, 0.29) is 6.10 Å². The molecule has 2 heterocycles. The van der Waals surface area contributed by atoms with Crippen molar-refractivity contribution in [2.24, 2.45) is 0 Å². The first kappa shape index (κ1) is 14.3. The molecule has 2 aliphatic rings. The van der Waals surface area contributed by atoms with Crippen molar-refractivity contribution < 1.29 is 5.11 Å². The molecule has 2 atom stereocenters. The smallest absolute Gasteiger partial charge is 0.0664 e. The molecule has 2 fully saturated rings. The third-order valence-corrected chi connectivity index (χ3v) is 4.58. The van der Waals surface area contributed by atoms with E-state index in [1.54, 1.807) is 0 Å². The largest absolute Gasteiger partial charge is 0.392 e. The Kier molecular flexibility index (Phi) is 5.93. The zero-order valence-electron chi connectivity index (χ0n) is 12.0. The van der Waals surface area contributed by atoms with Crippen LogP contribution >= 0.6 is 0 Å². The van der Waals surface area contributed by atoms with Gasteiger partial charge >= 0.3 is 0 Å². The second-order valence-corrected chi connectivity index (χ2v) is 6.07. The number of aliphatic hydroxyl groups is 1. The zero-order chi connectivity index (χ0) is 12.8. The van der Waals surface area contributed by atoms with Gasteiger partial charge in [-0.1, -0.05) is 19.8 Å². The maximum absolute atomic E-state index is 9.83. The summed E-state index contributed by atoms with van der Waals surface area (Å²) >= 11 is 0. The number of likely N-dealkylation sites (tertiary alicyclic amines) is 2. The van der Waals surface area contributed by atoms with E-state index < -0.39 is 0 Å². The van der Waals surface area contributed by atoms with Crippen LogP contribution in [-0.4, -0.2) is 59.8 Å². The van der Waals surface area contributed by atoms with E-state index >= 15 is 0 Å². The molecule has 0 bridgehead atoms. The molecule has 0 unspecified atom stereocenters. The van der Waals surface area contributed by atoms with Crippen molar-refractivity contribution >= 4 is 0 Å². The number of aliphatic hydroxyl groups excluding tert-OH is 1. The minimum atomic E-state index is -0.130. The first-order valence-corrected chi connectivity index (χ1v) is 7.94. The van der Waals surface area contributed by atoms with Gasteiger partial charge < -0.3 is 10.0 Å². The van der Waals surface area contributed by atoms with Gasteiger partial charge in [0.05, 0.1) is 6.10 Å². The topological polar surface area (TPSA) is 26.7 Å². The molecule has 2 rings (SSSR count). The highest BCUT2D eigenvalue weighted by atomic mass is 16.3. The van der Waals surface area contributed by atoms with Gasteiger partial charge in [0.25, 0.3) is 0 Å². The van der Waals surface area contributed by atoms with Gasteiger partial charge in [-0.15, -0.1) is 0 Å². The highest BCUT2D eigenvalue weighted by Crippen LogP contribution is 2.20. The van der Waals surface area contributed by atoms with E-state index in [2.05, 4.69) is 16.7 Å². The number of β-amino-alcohol motifs (C(OH)–C–C–N with tert-alkyl or cyclic N) is 1. The summed E-state index contributed by atoms with van der Waals surface area (Å²) in [5.74, 6) is 0. The maximum atomic E-state index is 9.83. The number of nitrogens with zero attached hydrogens (tertiary/aromatic N) is 2. The lowest BCUT2D eigenvalue weighted by molar-refractivity contribution is 0.0896. The molecule has 106 valence electrons. The Balaban J connectivity index is 1.79. The van der Waals surface area contributed by atoms with Crippen LogP contribution in [0, 0.1) is 0 Å². The molecule has 0 saturated carbocycles. The molecule has 0 aromatic heterocycles. The number of rotatable bonds is 5. The van der Waals surface area contributed by atoms with Crippen molar-refractivity contribution in [3.8, 4) is 0 Å². The van der Waals surface area contributed by atoms with E-state index in [1.165, 1.54) is 64.7 Å². The van der Waals surface area contributed by atoms with Gasteiger partial charge in [-0.25, -0.2) is 0 Å². The molecule has 0 aliphatic carbocycles. The fourth-order valence-electron chi connectivity index (χ4n) is 3.36. The number of hydrogen-bond donors (Lipinski definition) is 1. The van der Waals surface area contributed by atoms with Crippen LogP contribution in [0.15, 0.2) is 0 Å². The summed E-state index contributed by atoms with van der Waals surface area (Å²) in [6.45, 7) is 7.97. The predicted molar refractivity (Wildman–Crippen MR) is 75.8 cm³/mol. The summed E-state index contributed by atoms with van der Waals surface area (Å²) in [5, 5.41) is 9.83. The quantitative estimate of drug-likeness (QED) is 0.814. The molecule has 0 aromatic carbocycles. The first-order chi connectivity index (χ1) is 8.79. The van der Waals surface area contributed by atoms with Gasteiger partial charge in [-0.05, 0) is 51.7 Å². The first-order valence-electron chi connectivity index (χ1n) is 7.94. The van der Waals surface area contributed by atoms with Crippen molar-refractivity contribution in [3.05, 3.63) is 0 Å². The molecule has 18 heavy (non-hydrogen) atoms. The van der Waals surface area contributed by atoms with Crippen LogP contribution in [0.4, 0.5) is 0 Å². The SMILES string of the molecule is CC[C@H](O)CN1CCC[C@@H]1CN1CCCCCC1. The summed E-state index contributed by atoms with van der Waals surface area (Å²) in [6, 6.07) is 0.698. The summed E-state index contributed by atoms with van der Waals surface area (Å²) in [6.07, 6.45) is 8.98. The Labute approximate surface area is 112 Å². The molecular weight excluding hydrogens is 224 g/mol. The summed E-state index contributed by atoms with van der Waals surface area (Å²) in [4.78, 5) is 5.19. The molecule has 3 heteroatoms. The fourth-order valence-corrected chi connectivity index (χ4v) is 3.36. The average molecular weight is 254 g/mol. The van der Waals surface area contributed by atoms with Gasteiger partial charge in [-0.2, -0.15) is 0 Å². The fraction of sp³-hybridized carbons (Fsp3) is 1.00. The molecule has 0 amide bonds. The van der Waals surface area contributed by atoms with E-state index in [1.807, 2.05) is 0 Å². The Hall–Kier alpha value is -0.120. The van der Waals surface area contributed by atoms with Crippen LogP contribution in [0.2, 0.25) is 0 Å². The van der Waals surface area contributed by atoms with Crippen LogP contribution in [0.1, 0.15) is 51.9 Å². The zero-order valence-corrected chi connectivity index (χ0v) is 12.0. The molecule has 1 N–H and O–H groups in total. The second-order valence-electron chi connectivity index (χ2n) is 6.07. The third-order valence-electron chi connectivity index (χ3n) is 4.58. The van der Waals surface area contributed by atoms with Crippen molar-refractivity contribution in [2.75, 3.05) is 32.7 Å². The lowest BCUT2D eigenvalue weighted by Gasteiger charge is -2.31. The van der Waals surface area contributed by atoms with Gasteiger partial charge in [0.15, 0.2) is 0 Å². The Bertz CT molecular complexity index is 227. The van der Waals surface area contributed by atoms with Crippen LogP contribution < -0.4 is 0 Å². The van der Waals surface area contributed by atoms with Gasteiger partial charge in [0, 0.05) is 19.1 Å². The molecule has 3 nitrogen and oxygen atoms in total. The van der Waals surface area contributed by atoms with Crippen molar-refractivity contribution in [1.29, 1.82) is 0 Å². The second kappa shape index (κ2) is 7.46. The van der Waals surface area contributed by atoms with E-state index in [0.717, 1.165) is 13.0 Å². The Morgan fingerprint density at radius 2 is 1.78 bits per heavy atom. The molecule has 0 spiro atoms. The predicted octanol–water partition coefficient (Wildman–Crippen LogP) is 2.10. The monoisotopic (exact) mass is 254 g/mol. The Morgan fingerprint density at radius 1 is 1.06 bits per heavy atom. The van der Waals surface area contributed by atoms with E-state index in [9.17, 15) is 5.11 Å². The minimum absolute atomic E-state index is 0.130. The van der Waals surface area contributed by atoms with Crippen LogP contribution in [0.5, 0.6) is 0 Å². The standard InChI is InChI=1S/C15H30N2O/c1-2-15(18)13-17-11-7-8-14(17)12-16-9-5-3-4-6-10-16/h14-15,18H,2-13H2,1H3/t14-,15+/m1/s1. The van der Waals surface area contributed by atoms with Gasteiger partial charge in [-0.3, -0.25) is 4.90 Å². The van der Waals surface area contributed by atoms with Crippen molar-refractivity contribution in [2.45, 2.75) is 64.0 Å². The van der Waals surface area contributed by atoms with E-state index in [0.29, 0.717) is 6.04 Å². The molecular formula is C15H30N2O. The van der Waals surface area contributed by atoms with Crippen LogP contribution in [0.25, 0.3) is 0 Å².